The Morgan fingerprint density at radius 1 is 1.00 bits per heavy atom. The van der Waals surface area contributed by atoms with E-state index in [9.17, 15) is 4.39 Å². The first kappa shape index (κ1) is 12.4. The number of hydrogen-bond acceptors (Lipinski definition) is 2. The highest BCUT2D eigenvalue weighted by Crippen LogP contribution is 2.30. The Balaban J connectivity index is 1.96. The minimum absolute atomic E-state index is 0.295. The van der Waals surface area contributed by atoms with Crippen LogP contribution in [-0.4, -0.2) is 4.98 Å². The maximum absolute atomic E-state index is 12.9. The van der Waals surface area contributed by atoms with Crippen molar-refractivity contribution < 1.29 is 9.13 Å². The third kappa shape index (κ3) is 2.67. The lowest BCUT2D eigenvalue weighted by Gasteiger charge is -2.09. The average molecular weight is 264 g/mol. The summed E-state index contributed by atoms with van der Waals surface area (Å²) in [5, 5.41) is 0. The molecule has 1 aromatic heterocycles. The van der Waals surface area contributed by atoms with E-state index in [2.05, 4.69) is 11.1 Å². The molecule has 0 aliphatic heterocycles. The molecule has 97 valence electrons. The Morgan fingerprint density at radius 2 is 1.85 bits per heavy atom. The van der Waals surface area contributed by atoms with Crippen LogP contribution < -0.4 is 4.74 Å². The molecule has 0 spiro atoms. The SMILES string of the molecule is Fc1ccc(Oc2ncccc2-c2c[c]ccc2)cc1. The third-order valence-corrected chi connectivity index (χ3v) is 2.82. The van der Waals surface area contributed by atoms with E-state index in [-0.39, 0.29) is 5.82 Å². The molecule has 1 heterocycles. The molecule has 0 saturated heterocycles. The molecule has 0 unspecified atom stereocenters. The summed E-state index contributed by atoms with van der Waals surface area (Å²) in [6.07, 6.45) is 1.66. The van der Waals surface area contributed by atoms with Gasteiger partial charge >= 0.3 is 0 Å². The van der Waals surface area contributed by atoms with E-state index in [4.69, 9.17) is 4.74 Å². The zero-order valence-corrected chi connectivity index (χ0v) is 10.6. The molecule has 3 rings (SSSR count). The Bertz CT molecular complexity index is 696. The van der Waals surface area contributed by atoms with Crippen LogP contribution in [0.3, 0.4) is 0 Å². The summed E-state index contributed by atoms with van der Waals surface area (Å²) < 4.78 is 18.6. The van der Waals surface area contributed by atoms with Crippen molar-refractivity contribution >= 4 is 0 Å². The molecule has 0 amide bonds. The summed E-state index contributed by atoms with van der Waals surface area (Å²) in [6.45, 7) is 0. The molecular formula is C17H11FNO. The van der Waals surface area contributed by atoms with E-state index in [1.165, 1.54) is 12.1 Å². The Hall–Kier alpha value is -2.68. The van der Waals surface area contributed by atoms with E-state index < -0.39 is 0 Å². The largest absolute Gasteiger partial charge is 0.438 e. The van der Waals surface area contributed by atoms with Crippen LogP contribution in [0, 0.1) is 11.9 Å². The van der Waals surface area contributed by atoms with E-state index >= 15 is 0 Å². The predicted molar refractivity (Wildman–Crippen MR) is 75.0 cm³/mol. The number of pyridine rings is 1. The molecule has 1 radical (unpaired) electrons. The molecule has 0 N–H and O–H groups in total. The van der Waals surface area contributed by atoms with Gasteiger partial charge in [-0.05, 0) is 54.1 Å². The fourth-order valence-corrected chi connectivity index (χ4v) is 1.87. The number of ether oxygens (including phenoxy) is 1. The number of halogens is 1. The van der Waals surface area contributed by atoms with Crippen LogP contribution in [0.1, 0.15) is 0 Å². The maximum atomic E-state index is 12.9. The molecule has 0 atom stereocenters. The lowest BCUT2D eigenvalue weighted by Crippen LogP contribution is -1.91. The highest BCUT2D eigenvalue weighted by atomic mass is 19.1. The highest BCUT2D eigenvalue weighted by Gasteiger charge is 2.08. The monoisotopic (exact) mass is 264 g/mol. The van der Waals surface area contributed by atoms with Gasteiger partial charge in [-0.2, -0.15) is 0 Å². The van der Waals surface area contributed by atoms with Crippen LogP contribution in [0.2, 0.25) is 0 Å². The lowest BCUT2D eigenvalue weighted by molar-refractivity contribution is 0.463. The van der Waals surface area contributed by atoms with Gasteiger partial charge in [-0.25, -0.2) is 9.37 Å². The van der Waals surface area contributed by atoms with Crippen LogP contribution in [-0.2, 0) is 0 Å². The van der Waals surface area contributed by atoms with E-state index in [1.807, 2.05) is 36.4 Å². The van der Waals surface area contributed by atoms with Crippen molar-refractivity contribution in [3.63, 3.8) is 0 Å². The van der Waals surface area contributed by atoms with Gasteiger partial charge in [0, 0.05) is 11.8 Å². The Labute approximate surface area is 116 Å². The molecule has 0 aliphatic carbocycles. The minimum Gasteiger partial charge on any atom is -0.438 e. The quantitative estimate of drug-likeness (QED) is 0.695. The molecule has 3 heteroatoms. The standard InChI is InChI=1S/C17H11FNO/c18-14-8-10-15(11-9-14)20-17-16(7-4-12-19-17)13-5-2-1-3-6-13/h1-2,4-12H. The van der Waals surface area contributed by atoms with Gasteiger partial charge < -0.3 is 4.74 Å². The summed E-state index contributed by atoms with van der Waals surface area (Å²) in [4.78, 5) is 4.24. The van der Waals surface area contributed by atoms with Crippen molar-refractivity contribution in [2.45, 2.75) is 0 Å². The van der Waals surface area contributed by atoms with E-state index in [0.29, 0.717) is 11.6 Å². The molecule has 0 aliphatic rings. The van der Waals surface area contributed by atoms with Crippen molar-refractivity contribution in [1.82, 2.24) is 4.98 Å². The molecule has 2 aromatic carbocycles. The maximum Gasteiger partial charge on any atom is 0.227 e. The highest BCUT2D eigenvalue weighted by molar-refractivity contribution is 5.68. The first-order chi connectivity index (χ1) is 9.83. The van der Waals surface area contributed by atoms with Crippen LogP contribution in [0.15, 0.2) is 66.9 Å². The summed E-state index contributed by atoms with van der Waals surface area (Å²) in [5.74, 6) is 0.737. The first-order valence-corrected chi connectivity index (χ1v) is 6.18. The molecule has 0 saturated carbocycles. The topological polar surface area (TPSA) is 22.1 Å². The van der Waals surface area contributed by atoms with Gasteiger partial charge in [0.05, 0.1) is 0 Å². The van der Waals surface area contributed by atoms with Gasteiger partial charge in [-0.3, -0.25) is 0 Å². The molecule has 3 aromatic rings. The van der Waals surface area contributed by atoms with Crippen LogP contribution in [0.4, 0.5) is 4.39 Å². The molecule has 0 bridgehead atoms. The van der Waals surface area contributed by atoms with Crippen molar-refractivity contribution in [2.75, 3.05) is 0 Å². The number of aromatic nitrogens is 1. The van der Waals surface area contributed by atoms with E-state index in [0.717, 1.165) is 11.1 Å². The predicted octanol–water partition coefficient (Wildman–Crippen LogP) is 4.48. The average Bonchev–Trinajstić information content (AvgIpc) is 2.51. The molecular weight excluding hydrogens is 253 g/mol. The zero-order valence-electron chi connectivity index (χ0n) is 10.6. The van der Waals surface area contributed by atoms with Crippen LogP contribution >= 0.6 is 0 Å². The number of hydrogen-bond donors (Lipinski definition) is 0. The second kappa shape index (κ2) is 5.53. The minimum atomic E-state index is -0.295. The van der Waals surface area contributed by atoms with Gasteiger partial charge in [0.1, 0.15) is 11.6 Å². The van der Waals surface area contributed by atoms with Gasteiger partial charge in [0.2, 0.25) is 5.88 Å². The van der Waals surface area contributed by atoms with Gasteiger partial charge in [-0.15, -0.1) is 0 Å². The summed E-state index contributed by atoms with van der Waals surface area (Å²) in [6, 6.07) is 20.2. The van der Waals surface area contributed by atoms with Crippen molar-refractivity contribution in [3.8, 4) is 22.8 Å². The van der Waals surface area contributed by atoms with Crippen molar-refractivity contribution in [3.05, 3.63) is 78.7 Å². The number of rotatable bonds is 3. The fraction of sp³-hybridized carbons (Fsp3) is 0. The normalized spacial score (nSPS) is 10.2. The summed E-state index contributed by atoms with van der Waals surface area (Å²) in [5.41, 5.74) is 1.84. The van der Waals surface area contributed by atoms with Gasteiger partial charge in [0.25, 0.3) is 0 Å². The summed E-state index contributed by atoms with van der Waals surface area (Å²) in [7, 11) is 0. The number of benzene rings is 2. The molecule has 20 heavy (non-hydrogen) atoms. The molecule has 0 fully saturated rings. The van der Waals surface area contributed by atoms with Crippen molar-refractivity contribution in [2.24, 2.45) is 0 Å². The zero-order chi connectivity index (χ0) is 13.8. The molecule has 2 nitrogen and oxygen atoms in total. The second-order valence-corrected chi connectivity index (χ2v) is 4.20. The second-order valence-electron chi connectivity index (χ2n) is 4.20. The van der Waals surface area contributed by atoms with Gasteiger partial charge in [-0.1, -0.05) is 18.2 Å². The lowest BCUT2D eigenvalue weighted by atomic mass is 10.1. The van der Waals surface area contributed by atoms with Crippen LogP contribution in [0.25, 0.3) is 11.1 Å². The smallest absolute Gasteiger partial charge is 0.227 e. The third-order valence-electron chi connectivity index (χ3n) is 2.82. The number of nitrogens with zero attached hydrogens (tertiary/aromatic N) is 1. The Morgan fingerprint density at radius 3 is 2.60 bits per heavy atom. The Kier molecular flexibility index (Phi) is 3.42. The van der Waals surface area contributed by atoms with E-state index in [1.54, 1.807) is 18.3 Å². The van der Waals surface area contributed by atoms with Crippen LogP contribution in [0.5, 0.6) is 11.6 Å². The summed E-state index contributed by atoms with van der Waals surface area (Å²) >= 11 is 0. The first-order valence-electron chi connectivity index (χ1n) is 6.18. The fourth-order valence-electron chi connectivity index (χ4n) is 1.87. The van der Waals surface area contributed by atoms with Gasteiger partial charge in [0.15, 0.2) is 0 Å². The van der Waals surface area contributed by atoms with Crippen molar-refractivity contribution in [1.29, 1.82) is 0 Å².